The van der Waals surface area contributed by atoms with Gasteiger partial charge in [0.1, 0.15) is 12.1 Å². The summed E-state index contributed by atoms with van der Waals surface area (Å²) in [7, 11) is 0. The quantitative estimate of drug-likeness (QED) is 0.143. The Morgan fingerprint density at radius 3 is 2.29 bits per heavy atom. The smallest absolute Gasteiger partial charge is 0.290 e. The van der Waals surface area contributed by atoms with Crippen molar-refractivity contribution in [3.05, 3.63) is 78.0 Å². The van der Waals surface area contributed by atoms with Crippen LogP contribution in [0, 0.1) is 17.3 Å². The minimum atomic E-state index is -2.51. The Labute approximate surface area is 303 Å². The van der Waals surface area contributed by atoms with Gasteiger partial charge >= 0.3 is 0 Å². The third-order valence-electron chi connectivity index (χ3n) is 10.4. The van der Waals surface area contributed by atoms with E-state index in [1.807, 2.05) is 63.2 Å². The van der Waals surface area contributed by atoms with Crippen LogP contribution >= 0.6 is 0 Å². The van der Waals surface area contributed by atoms with Crippen LogP contribution in [0.3, 0.4) is 0 Å². The molecule has 1 saturated carbocycles. The zero-order chi connectivity index (χ0) is 37.6. The summed E-state index contributed by atoms with van der Waals surface area (Å²) in [5, 5.41) is 9.07. The zero-order valence-corrected chi connectivity index (χ0v) is 30.2. The second kappa shape index (κ2) is 16.7. The SMILES string of the molecule is C[C@H](NC(=O)C(=O)C(CCCCC(F)F)NC(=O)[C@@H]1[C@H]2CCC[C@H]2CN1C(=O)[C@@H](NC(=O)c1ccnc2ccccc12)C(C)(C)C)c1ccccc1. The summed E-state index contributed by atoms with van der Waals surface area (Å²) in [4.78, 5) is 75.3. The number of Topliss-reactive ketones (excluding diaryl/α,β-unsaturated/α-hetero) is 1. The van der Waals surface area contributed by atoms with Crippen molar-refractivity contribution in [1.29, 1.82) is 0 Å². The normalized spacial score (nSPS) is 20.2. The van der Waals surface area contributed by atoms with Gasteiger partial charge in [0.15, 0.2) is 0 Å². The highest BCUT2D eigenvalue weighted by Crippen LogP contribution is 2.43. The number of nitrogens with zero attached hydrogens (tertiary/aromatic N) is 2. The molecule has 4 amide bonds. The summed E-state index contributed by atoms with van der Waals surface area (Å²) in [6, 6.07) is 14.2. The Balaban J connectivity index is 1.37. The topological polar surface area (TPSA) is 138 Å². The lowest BCUT2D eigenvalue weighted by atomic mass is 9.85. The molecule has 0 bridgehead atoms. The summed E-state index contributed by atoms with van der Waals surface area (Å²) in [6.45, 7) is 7.58. The second-order valence-corrected chi connectivity index (χ2v) is 15.1. The number of pyridine rings is 1. The minimum Gasteiger partial charge on any atom is -0.344 e. The van der Waals surface area contributed by atoms with Crippen LogP contribution in [0.2, 0.25) is 0 Å². The third-order valence-corrected chi connectivity index (χ3v) is 10.4. The van der Waals surface area contributed by atoms with Crippen LogP contribution in [-0.2, 0) is 19.2 Å². The number of hydrogen-bond acceptors (Lipinski definition) is 6. The molecule has 10 nitrogen and oxygen atoms in total. The number of benzene rings is 2. The summed E-state index contributed by atoms with van der Waals surface area (Å²) in [5.41, 5.74) is 1.05. The minimum absolute atomic E-state index is 0.0141. The average Bonchev–Trinajstić information content (AvgIpc) is 3.72. The Morgan fingerprint density at radius 1 is 0.885 bits per heavy atom. The maximum absolute atomic E-state index is 14.5. The van der Waals surface area contributed by atoms with E-state index < -0.39 is 65.4 Å². The molecule has 1 aliphatic heterocycles. The standard InChI is InChI=1S/C40H49F2N5O5/c1-24(25-13-6-5-7-14-25)44-38(51)34(48)31(19-10-11-20-32(41)42)45-37(50)33-27-17-12-15-26(27)23-47(33)39(52)35(40(2,3)4)46-36(49)29-21-22-43-30-18-9-8-16-28(29)30/h5-9,13-14,16,18,21-22,24,26-27,31-33,35H,10-12,15,17,19-20,23H2,1-4H3,(H,44,51)(H,45,50)(H,46,49)/t24-,26-,27-,31?,33-,35+/m0/s1. The van der Waals surface area contributed by atoms with Gasteiger partial charge < -0.3 is 20.9 Å². The number of halogens is 2. The maximum atomic E-state index is 14.5. The van der Waals surface area contributed by atoms with Gasteiger partial charge in [0.25, 0.3) is 11.8 Å². The van der Waals surface area contributed by atoms with Gasteiger partial charge in [-0.15, -0.1) is 0 Å². The number of hydrogen-bond donors (Lipinski definition) is 3. The molecule has 3 aromatic rings. The molecule has 2 aromatic carbocycles. The van der Waals surface area contributed by atoms with Gasteiger partial charge in [0.2, 0.25) is 24.0 Å². The van der Waals surface area contributed by atoms with Crippen LogP contribution in [-0.4, -0.2) is 70.4 Å². The number of amides is 4. The molecular weight excluding hydrogens is 668 g/mol. The molecule has 1 aromatic heterocycles. The number of ketones is 1. The summed E-state index contributed by atoms with van der Waals surface area (Å²) in [5.74, 6) is -3.33. The number of carbonyl (C=O) groups excluding carboxylic acids is 5. The highest BCUT2D eigenvalue weighted by Gasteiger charge is 2.52. The molecule has 5 rings (SSSR count). The molecule has 52 heavy (non-hydrogen) atoms. The van der Waals surface area contributed by atoms with E-state index in [9.17, 15) is 32.8 Å². The average molecular weight is 718 g/mol. The van der Waals surface area contributed by atoms with E-state index in [-0.39, 0.29) is 37.5 Å². The lowest BCUT2D eigenvalue weighted by Crippen LogP contribution is -2.60. The van der Waals surface area contributed by atoms with Gasteiger partial charge in [-0.2, -0.15) is 0 Å². The fourth-order valence-corrected chi connectivity index (χ4v) is 7.61. The molecule has 6 atom stereocenters. The second-order valence-electron chi connectivity index (χ2n) is 15.1. The zero-order valence-electron chi connectivity index (χ0n) is 30.2. The molecule has 1 unspecified atom stereocenters. The summed E-state index contributed by atoms with van der Waals surface area (Å²) < 4.78 is 25.9. The first-order chi connectivity index (χ1) is 24.8. The van der Waals surface area contributed by atoms with Crippen LogP contribution in [0.4, 0.5) is 8.78 Å². The number of fused-ring (bicyclic) bond motifs is 2. The molecule has 12 heteroatoms. The maximum Gasteiger partial charge on any atom is 0.290 e. The first-order valence-corrected chi connectivity index (χ1v) is 18.2. The van der Waals surface area contributed by atoms with E-state index in [1.165, 1.54) is 4.90 Å². The molecule has 3 N–H and O–H groups in total. The molecule has 1 aliphatic carbocycles. The van der Waals surface area contributed by atoms with E-state index in [0.717, 1.165) is 18.4 Å². The fraction of sp³-hybridized carbons (Fsp3) is 0.500. The third kappa shape index (κ3) is 9.00. The highest BCUT2D eigenvalue weighted by molar-refractivity contribution is 6.38. The van der Waals surface area contributed by atoms with Crippen LogP contribution in [0.25, 0.3) is 10.9 Å². The van der Waals surface area contributed by atoms with Gasteiger partial charge in [-0.1, -0.05) is 82.1 Å². The number of para-hydroxylation sites is 1. The van der Waals surface area contributed by atoms with E-state index in [0.29, 0.717) is 29.4 Å². The van der Waals surface area contributed by atoms with Crippen LogP contribution in [0.1, 0.15) is 94.6 Å². The van der Waals surface area contributed by atoms with Gasteiger partial charge in [-0.25, -0.2) is 8.78 Å². The van der Waals surface area contributed by atoms with Crippen molar-refractivity contribution in [2.45, 2.75) is 103 Å². The Kier molecular flexibility index (Phi) is 12.4. The Morgan fingerprint density at radius 2 is 1.58 bits per heavy atom. The van der Waals surface area contributed by atoms with Gasteiger partial charge in [0, 0.05) is 24.5 Å². The number of nitrogens with one attached hydrogen (secondary N) is 3. The molecular formula is C40H49F2N5O5. The lowest BCUT2D eigenvalue weighted by molar-refractivity contribution is -0.144. The molecule has 2 aliphatic rings. The van der Waals surface area contributed by atoms with Crippen LogP contribution in [0.5, 0.6) is 0 Å². The van der Waals surface area contributed by atoms with E-state index >= 15 is 0 Å². The van der Waals surface area contributed by atoms with Gasteiger partial charge in [0.05, 0.1) is 23.2 Å². The molecule has 2 fully saturated rings. The highest BCUT2D eigenvalue weighted by atomic mass is 19.3. The first kappa shape index (κ1) is 38.5. The number of carbonyl (C=O) groups is 5. The predicted molar refractivity (Wildman–Crippen MR) is 193 cm³/mol. The van der Waals surface area contributed by atoms with Crippen molar-refractivity contribution >= 4 is 40.3 Å². The van der Waals surface area contributed by atoms with Crippen molar-refractivity contribution < 1.29 is 32.8 Å². The number of likely N-dealkylation sites (tertiary alicyclic amines) is 1. The van der Waals surface area contributed by atoms with Crippen molar-refractivity contribution in [2.75, 3.05) is 6.54 Å². The van der Waals surface area contributed by atoms with Crippen LogP contribution in [0.15, 0.2) is 66.9 Å². The molecule has 0 spiro atoms. The molecule has 0 radical (unpaired) electrons. The van der Waals surface area contributed by atoms with E-state index in [4.69, 9.17) is 0 Å². The van der Waals surface area contributed by atoms with E-state index in [1.54, 1.807) is 31.3 Å². The Bertz CT molecular complexity index is 1760. The first-order valence-electron chi connectivity index (χ1n) is 18.2. The Hall–Kier alpha value is -4.74. The summed E-state index contributed by atoms with van der Waals surface area (Å²) >= 11 is 0. The number of alkyl halides is 2. The van der Waals surface area contributed by atoms with Crippen molar-refractivity contribution in [3.8, 4) is 0 Å². The van der Waals surface area contributed by atoms with Crippen molar-refractivity contribution in [3.63, 3.8) is 0 Å². The molecule has 2 heterocycles. The fourth-order valence-electron chi connectivity index (χ4n) is 7.61. The van der Waals surface area contributed by atoms with Crippen molar-refractivity contribution in [1.82, 2.24) is 25.8 Å². The number of unbranched alkanes of at least 4 members (excludes halogenated alkanes) is 1. The molecule has 278 valence electrons. The monoisotopic (exact) mass is 717 g/mol. The largest absolute Gasteiger partial charge is 0.344 e. The van der Waals surface area contributed by atoms with Crippen molar-refractivity contribution in [2.24, 2.45) is 17.3 Å². The number of rotatable bonds is 14. The molecule has 1 saturated heterocycles. The van der Waals surface area contributed by atoms with Gasteiger partial charge in [-0.3, -0.25) is 29.0 Å². The number of aromatic nitrogens is 1. The predicted octanol–water partition coefficient (Wildman–Crippen LogP) is 5.76. The lowest BCUT2D eigenvalue weighted by Gasteiger charge is -2.36. The summed E-state index contributed by atoms with van der Waals surface area (Å²) in [6.07, 6.45) is 1.35. The van der Waals surface area contributed by atoms with E-state index in [2.05, 4.69) is 20.9 Å². The van der Waals surface area contributed by atoms with Gasteiger partial charge in [-0.05, 0) is 67.6 Å². The van der Waals surface area contributed by atoms with Crippen LogP contribution < -0.4 is 16.0 Å².